The number of nitrogens with one attached hydrogen (secondary N) is 3. The third-order valence-electron chi connectivity index (χ3n) is 4.49. The fraction of sp³-hybridized carbons (Fsp3) is 0.263. The first-order chi connectivity index (χ1) is 13.4. The molecule has 9 heteroatoms. The summed E-state index contributed by atoms with van der Waals surface area (Å²) in [5.41, 5.74) is 0.243. The maximum Gasteiger partial charge on any atom is 0.319 e. The van der Waals surface area contributed by atoms with Crippen LogP contribution in [0, 0.1) is 11.6 Å². The second kappa shape index (κ2) is 8.43. The smallest absolute Gasteiger partial charge is 0.319 e. The highest BCUT2D eigenvalue weighted by Gasteiger charge is 2.35. The summed E-state index contributed by atoms with van der Waals surface area (Å²) in [7, 11) is 1.30. The van der Waals surface area contributed by atoms with Gasteiger partial charge in [-0.05, 0) is 24.3 Å². The van der Waals surface area contributed by atoms with E-state index >= 15 is 0 Å². The molecule has 1 heterocycles. The fourth-order valence-electron chi connectivity index (χ4n) is 3.14. The van der Waals surface area contributed by atoms with Crippen molar-refractivity contribution in [2.45, 2.75) is 18.4 Å². The van der Waals surface area contributed by atoms with E-state index in [9.17, 15) is 18.4 Å². The summed E-state index contributed by atoms with van der Waals surface area (Å²) in [5, 5.41) is 8.41. The lowest BCUT2D eigenvalue weighted by molar-refractivity contribution is -0.123. The number of urea groups is 1. The van der Waals surface area contributed by atoms with E-state index in [-0.39, 0.29) is 30.2 Å². The molecule has 2 aromatic carbocycles. The number of rotatable bonds is 4. The topological polar surface area (TPSA) is 79.5 Å². The predicted molar refractivity (Wildman–Crippen MR) is 101 cm³/mol. The zero-order valence-electron chi connectivity index (χ0n) is 14.9. The Balaban J connectivity index is 1.80. The number of hydrogen-bond acceptors (Lipinski definition) is 3. The Morgan fingerprint density at radius 3 is 2.46 bits per heavy atom. The highest BCUT2D eigenvalue weighted by molar-refractivity contribution is 6.30. The Morgan fingerprint density at radius 2 is 1.86 bits per heavy atom. The molecule has 6 nitrogen and oxygen atoms in total. The molecule has 3 amide bonds. The average Bonchev–Trinajstić information content (AvgIpc) is 2.65. The third-order valence-corrected chi connectivity index (χ3v) is 4.74. The van der Waals surface area contributed by atoms with E-state index in [1.54, 1.807) is 24.3 Å². The molecule has 1 aliphatic rings. The van der Waals surface area contributed by atoms with E-state index in [4.69, 9.17) is 16.3 Å². The summed E-state index contributed by atoms with van der Waals surface area (Å²) in [5.74, 6) is -2.85. The number of amides is 3. The average molecular weight is 410 g/mol. The van der Waals surface area contributed by atoms with E-state index in [1.165, 1.54) is 7.11 Å². The van der Waals surface area contributed by atoms with Crippen molar-refractivity contribution in [3.63, 3.8) is 0 Å². The molecule has 1 fully saturated rings. The molecule has 148 valence electrons. The first-order valence-corrected chi connectivity index (χ1v) is 8.88. The number of anilines is 1. The fourth-order valence-corrected chi connectivity index (χ4v) is 3.26. The van der Waals surface area contributed by atoms with Crippen LogP contribution in [0.15, 0.2) is 36.4 Å². The van der Waals surface area contributed by atoms with Crippen LogP contribution in [0.25, 0.3) is 0 Å². The lowest BCUT2D eigenvalue weighted by Crippen LogP contribution is -2.53. The van der Waals surface area contributed by atoms with Crippen molar-refractivity contribution in [3.05, 3.63) is 58.6 Å². The van der Waals surface area contributed by atoms with Crippen LogP contribution in [0.2, 0.25) is 5.02 Å². The molecule has 2 aromatic rings. The van der Waals surface area contributed by atoms with Gasteiger partial charge in [-0.15, -0.1) is 0 Å². The van der Waals surface area contributed by atoms with Crippen molar-refractivity contribution in [2.24, 2.45) is 0 Å². The number of carbonyl (C=O) groups is 2. The Hall–Kier alpha value is -2.87. The van der Waals surface area contributed by atoms with Gasteiger partial charge in [0.05, 0.1) is 13.2 Å². The zero-order chi connectivity index (χ0) is 20.3. The van der Waals surface area contributed by atoms with Gasteiger partial charge in [-0.2, -0.15) is 0 Å². The van der Waals surface area contributed by atoms with Gasteiger partial charge in [-0.3, -0.25) is 4.79 Å². The normalized spacial score (nSPS) is 18.9. The van der Waals surface area contributed by atoms with Crippen LogP contribution in [0.1, 0.15) is 17.9 Å². The van der Waals surface area contributed by atoms with Gasteiger partial charge in [0.2, 0.25) is 5.91 Å². The molecule has 0 saturated carbocycles. The van der Waals surface area contributed by atoms with Crippen molar-refractivity contribution in [3.8, 4) is 5.75 Å². The number of hydrogen-bond donors (Lipinski definition) is 3. The maximum atomic E-state index is 14.5. The Morgan fingerprint density at radius 1 is 1.21 bits per heavy atom. The van der Waals surface area contributed by atoms with Crippen LogP contribution in [-0.4, -0.2) is 31.6 Å². The summed E-state index contributed by atoms with van der Waals surface area (Å²) < 4.78 is 33.9. The zero-order valence-corrected chi connectivity index (χ0v) is 15.6. The second-order valence-electron chi connectivity index (χ2n) is 6.33. The third kappa shape index (κ3) is 4.51. The van der Waals surface area contributed by atoms with Gasteiger partial charge in [-0.25, -0.2) is 13.6 Å². The Labute approximate surface area is 165 Å². The standard InChI is InChI=1S/C19H18ClF2N3O3/c1-28-12-6-14(21)18(15(22)7-12)13-8-17(26)23-9-16(13)25-19(27)24-11-4-2-10(20)3-5-11/h2-7,13,16H,8-9H2,1H3,(H,23,26)(H2,24,25,27)/t13-,16-/m1/s1. The van der Waals surface area contributed by atoms with Gasteiger partial charge in [0.1, 0.15) is 17.4 Å². The molecule has 0 unspecified atom stereocenters. The molecule has 3 N–H and O–H groups in total. The van der Waals surface area contributed by atoms with Crippen molar-refractivity contribution in [1.29, 1.82) is 0 Å². The van der Waals surface area contributed by atoms with Gasteiger partial charge in [0, 0.05) is 47.3 Å². The minimum atomic E-state index is -0.865. The second-order valence-corrected chi connectivity index (χ2v) is 6.77. The minimum Gasteiger partial charge on any atom is -0.497 e. The van der Waals surface area contributed by atoms with Gasteiger partial charge in [-0.1, -0.05) is 11.6 Å². The predicted octanol–water partition coefficient (Wildman–Crippen LogP) is 3.42. The van der Waals surface area contributed by atoms with E-state index in [0.717, 1.165) is 12.1 Å². The van der Waals surface area contributed by atoms with Gasteiger partial charge < -0.3 is 20.7 Å². The molecular formula is C19H18ClF2N3O3. The van der Waals surface area contributed by atoms with Gasteiger partial charge in [0.15, 0.2) is 0 Å². The molecule has 1 aliphatic heterocycles. The summed E-state index contributed by atoms with van der Waals surface area (Å²) in [6.07, 6.45) is -0.161. The Kier molecular flexibility index (Phi) is 5.99. The van der Waals surface area contributed by atoms with Crippen molar-refractivity contribution in [2.75, 3.05) is 19.0 Å². The number of methoxy groups -OCH3 is 1. The van der Waals surface area contributed by atoms with Crippen LogP contribution < -0.4 is 20.7 Å². The van der Waals surface area contributed by atoms with Gasteiger partial charge >= 0.3 is 6.03 Å². The maximum absolute atomic E-state index is 14.5. The molecule has 28 heavy (non-hydrogen) atoms. The highest BCUT2D eigenvalue weighted by Crippen LogP contribution is 2.33. The van der Waals surface area contributed by atoms with E-state index in [2.05, 4.69) is 16.0 Å². The summed E-state index contributed by atoms with van der Waals surface area (Å²) in [6.45, 7) is 0.0441. The van der Waals surface area contributed by atoms with Crippen LogP contribution in [-0.2, 0) is 4.79 Å². The molecular weight excluding hydrogens is 392 g/mol. The molecule has 0 spiro atoms. The molecule has 2 atom stereocenters. The monoisotopic (exact) mass is 409 g/mol. The van der Waals surface area contributed by atoms with Crippen molar-refractivity contribution < 1.29 is 23.1 Å². The van der Waals surface area contributed by atoms with Gasteiger partial charge in [0.25, 0.3) is 0 Å². The molecule has 3 rings (SSSR count). The summed E-state index contributed by atoms with van der Waals surface area (Å²) in [6, 6.07) is 7.29. The quantitative estimate of drug-likeness (QED) is 0.724. The van der Waals surface area contributed by atoms with E-state index < -0.39 is 29.6 Å². The first kappa shape index (κ1) is 19.9. The molecule has 1 saturated heterocycles. The number of ether oxygens (including phenoxy) is 1. The largest absolute Gasteiger partial charge is 0.497 e. The Bertz CT molecular complexity index is 869. The SMILES string of the molecule is COc1cc(F)c([C@@H]2CC(=O)NC[C@H]2NC(=O)Nc2ccc(Cl)cc2)c(F)c1. The summed E-state index contributed by atoms with van der Waals surface area (Å²) >= 11 is 5.81. The number of benzene rings is 2. The molecule has 0 aliphatic carbocycles. The lowest BCUT2D eigenvalue weighted by atomic mass is 9.85. The highest BCUT2D eigenvalue weighted by atomic mass is 35.5. The van der Waals surface area contributed by atoms with Crippen molar-refractivity contribution >= 4 is 29.2 Å². The molecule has 0 bridgehead atoms. The molecule has 0 aromatic heterocycles. The lowest BCUT2D eigenvalue weighted by Gasteiger charge is -2.33. The summed E-state index contributed by atoms with van der Waals surface area (Å²) in [4.78, 5) is 24.1. The number of piperidine rings is 1. The van der Waals surface area contributed by atoms with E-state index in [0.29, 0.717) is 10.7 Å². The number of carbonyl (C=O) groups excluding carboxylic acids is 2. The van der Waals surface area contributed by atoms with Crippen LogP contribution in [0.5, 0.6) is 5.75 Å². The first-order valence-electron chi connectivity index (χ1n) is 8.50. The molecule has 0 radical (unpaired) electrons. The van der Waals surface area contributed by atoms with Crippen LogP contribution in [0.3, 0.4) is 0 Å². The number of halogens is 3. The van der Waals surface area contributed by atoms with Crippen LogP contribution >= 0.6 is 11.6 Å². The minimum absolute atomic E-state index is 0.0315. The van der Waals surface area contributed by atoms with Crippen molar-refractivity contribution in [1.82, 2.24) is 10.6 Å². The van der Waals surface area contributed by atoms with E-state index in [1.807, 2.05) is 0 Å². The van der Waals surface area contributed by atoms with Crippen LogP contribution in [0.4, 0.5) is 19.3 Å².